The minimum absolute atomic E-state index is 0.0348. The third-order valence-electron chi connectivity index (χ3n) is 6.63. The minimum atomic E-state index is -1.11. The third-order valence-corrected chi connectivity index (χ3v) is 7.51. The summed E-state index contributed by atoms with van der Waals surface area (Å²) in [4.78, 5) is 66.3. The van der Waals surface area contributed by atoms with Crippen molar-refractivity contribution in [1.29, 1.82) is 0 Å². The van der Waals surface area contributed by atoms with E-state index >= 15 is 0 Å². The number of β-amino-alcohol motifs (C(OH)–C–C–N with tert-alkyl or cyclic N) is 1. The summed E-state index contributed by atoms with van der Waals surface area (Å²) in [5.41, 5.74) is 0.856. The average Bonchev–Trinajstić information content (AvgIpc) is 3.53. The summed E-state index contributed by atoms with van der Waals surface area (Å²) in [7, 11) is 1.55. The number of nitrogens with zero attached hydrogens (tertiary/aromatic N) is 2. The Morgan fingerprint density at radius 1 is 1.15 bits per heavy atom. The molecule has 13 heteroatoms. The van der Waals surface area contributed by atoms with E-state index in [9.17, 15) is 34.2 Å². The largest absolute Gasteiger partial charge is 0.497 e. The Balaban J connectivity index is 1.40. The standard InChI is InChI=1S/C27H34N4O8S/c1-16(9-19(34)12-29-27-30-13-21(15-32)40-27)26(38)28-11-18(33)5-8-24(36)31-14-23(35)25(37)22(31)10-17-3-6-20(39-2)7-4-17/h3-4,6-7,13,15-16,22-23,25,35,37H,5,8-12,14H2,1-2H3,(H,28,38)(H,29,30)/t16-,22-,23+,25+/m1/s1. The summed E-state index contributed by atoms with van der Waals surface area (Å²) in [6.07, 6.45) is -0.117. The van der Waals surface area contributed by atoms with E-state index in [0.717, 1.165) is 16.9 Å². The van der Waals surface area contributed by atoms with Crippen LogP contribution in [0.3, 0.4) is 0 Å². The number of hydrogen-bond donors (Lipinski definition) is 4. The zero-order valence-corrected chi connectivity index (χ0v) is 23.2. The zero-order chi connectivity index (χ0) is 29.2. The van der Waals surface area contributed by atoms with E-state index in [1.807, 2.05) is 12.1 Å². The number of anilines is 1. The SMILES string of the molecule is COc1ccc(C[C@@H]2[C@H](O)[C@@H](O)CN2C(=O)CCC(=O)CNC(=O)[C@H](C)CC(=O)CNc2ncc(C=O)s2)cc1. The van der Waals surface area contributed by atoms with Crippen LogP contribution in [-0.2, 0) is 25.6 Å². The van der Waals surface area contributed by atoms with Gasteiger partial charge in [-0.2, -0.15) is 0 Å². The van der Waals surface area contributed by atoms with Crippen LogP contribution in [0.2, 0.25) is 0 Å². The number of rotatable bonds is 15. The van der Waals surface area contributed by atoms with Gasteiger partial charge in [0.05, 0.1) is 43.4 Å². The summed E-state index contributed by atoms with van der Waals surface area (Å²) >= 11 is 1.11. The van der Waals surface area contributed by atoms with Crippen LogP contribution in [0.4, 0.5) is 5.13 Å². The Labute approximate surface area is 235 Å². The molecule has 2 amide bonds. The highest BCUT2D eigenvalue weighted by Gasteiger charge is 2.42. The van der Waals surface area contributed by atoms with Crippen molar-refractivity contribution < 1.29 is 38.9 Å². The number of hydrogen-bond acceptors (Lipinski definition) is 11. The van der Waals surface area contributed by atoms with E-state index < -0.39 is 30.1 Å². The molecule has 0 bridgehead atoms. The summed E-state index contributed by atoms with van der Waals surface area (Å²) in [6, 6.07) is 6.55. The smallest absolute Gasteiger partial charge is 0.223 e. The molecule has 4 N–H and O–H groups in total. The number of aldehydes is 1. The van der Waals surface area contributed by atoms with Gasteiger partial charge in [0.1, 0.15) is 11.9 Å². The number of aromatic nitrogens is 1. The number of Topliss-reactive ketones (excluding diaryl/α,β-unsaturated/α-hetero) is 2. The van der Waals surface area contributed by atoms with Crippen LogP contribution in [0.25, 0.3) is 0 Å². The van der Waals surface area contributed by atoms with Crippen molar-refractivity contribution in [3.05, 3.63) is 40.9 Å². The highest BCUT2D eigenvalue weighted by atomic mass is 32.1. The van der Waals surface area contributed by atoms with Crippen LogP contribution in [0, 0.1) is 5.92 Å². The first-order valence-electron chi connectivity index (χ1n) is 12.9. The molecule has 0 saturated carbocycles. The van der Waals surface area contributed by atoms with Gasteiger partial charge in [-0.15, -0.1) is 0 Å². The molecule has 40 heavy (non-hydrogen) atoms. The number of ketones is 2. The molecule has 1 aliphatic rings. The highest BCUT2D eigenvalue weighted by Crippen LogP contribution is 2.24. The molecular weight excluding hydrogens is 540 g/mol. The van der Waals surface area contributed by atoms with Crippen LogP contribution in [0.1, 0.15) is 41.4 Å². The topological polar surface area (TPSA) is 175 Å². The van der Waals surface area contributed by atoms with E-state index in [0.29, 0.717) is 28.5 Å². The number of carbonyl (C=O) groups is 5. The molecule has 0 spiro atoms. The van der Waals surface area contributed by atoms with Gasteiger partial charge in [-0.25, -0.2) is 4.98 Å². The summed E-state index contributed by atoms with van der Waals surface area (Å²) < 4.78 is 5.14. The lowest BCUT2D eigenvalue weighted by molar-refractivity contribution is -0.135. The van der Waals surface area contributed by atoms with Crippen molar-refractivity contribution in [3.63, 3.8) is 0 Å². The van der Waals surface area contributed by atoms with E-state index in [1.54, 1.807) is 26.2 Å². The van der Waals surface area contributed by atoms with Crippen molar-refractivity contribution in [3.8, 4) is 5.75 Å². The molecule has 216 valence electrons. The molecule has 0 aliphatic carbocycles. The Hall–Kier alpha value is -3.68. The molecule has 1 aromatic carbocycles. The van der Waals surface area contributed by atoms with Crippen molar-refractivity contribution in [2.75, 3.05) is 32.1 Å². The van der Waals surface area contributed by atoms with Gasteiger partial charge >= 0.3 is 0 Å². The number of aliphatic hydroxyl groups is 2. The first kappa shape index (κ1) is 30.9. The van der Waals surface area contributed by atoms with E-state index in [2.05, 4.69) is 15.6 Å². The maximum atomic E-state index is 12.9. The fraction of sp³-hybridized carbons (Fsp3) is 0.481. The minimum Gasteiger partial charge on any atom is -0.497 e. The van der Waals surface area contributed by atoms with Crippen LogP contribution < -0.4 is 15.4 Å². The monoisotopic (exact) mass is 574 g/mol. The van der Waals surface area contributed by atoms with Gasteiger partial charge in [-0.3, -0.25) is 24.0 Å². The second kappa shape index (κ2) is 14.6. The maximum absolute atomic E-state index is 12.9. The lowest BCUT2D eigenvalue weighted by atomic mass is 10.0. The molecular formula is C27H34N4O8S. The number of likely N-dealkylation sites (tertiary alicyclic amines) is 1. The first-order chi connectivity index (χ1) is 19.1. The fourth-order valence-corrected chi connectivity index (χ4v) is 4.97. The number of methoxy groups -OCH3 is 1. The number of thiazole rings is 1. The number of benzene rings is 1. The molecule has 1 aliphatic heterocycles. The lowest BCUT2D eigenvalue weighted by Crippen LogP contribution is -2.41. The molecule has 12 nitrogen and oxygen atoms in total. The number of nitrogens with one attached hydrogen (secondary N) is 2. The molecule has 2 aromatic rings. The predicted molar refractivity (Wildman–Crippen MR) is 146 cm³/mol. The summed E-state index contributed by atoms with van der Waals surface area (Å²) in [6.45, 7) is 1.20. The van der Waals surface area contributed by atoms with Gasteiger partial charge in [0.25, 0.3) is 0 Å². The zero-order valence-electron chi connectivity index (χ0n) is 22.4. The molecule has 0 radical (unpaired) electrons. The first-order valence-corrected chi connectivity index (χ1v) is 13.7. The van der Waals surface area contributed by atoms with Gasteiger partial charge in [0.15, 0.2) is 23.0 Å². The molecule has 3 rings (SSSR count). The van der Waals surface area contributed by atoms with Crippen molar-refractivity contribution >= 4 is 46.1 Å². The molecule has 1 saturated heterocycles. The predicted octanol–water partition coefficient (Wildman–Crippen LogP) is 0.612. The Kier molecular flexibility index (Phi) is 11.3. The number of ether oxygens (including phenoxy) is 1. The molecule has 2 heterocycles. The maximum Gasteiger partial charge on any atom is 0.223 e. The van der Waals surface area contributed by atoms with Crippen molar-refractivity contribution in [2.24, 2.45) is 5.92 Å². The number of aliphatic hydroxyl groups excluding tert-OH is 2. The second-order valence-corrected chi connectivity index (χ2v) is 10.7. The quantitative estimate of drug-likeness (QED) is 0.221. The van der Waals surface area contributed by atoms with E-state index in [4.69, 9.17) is 4.74 Å². The number of amides is 2. The summed E-state index contributed by atoms with van der Waals surface area (Å²) in [5.74, 6) is -1.42. The summed E-state index contributed by atoms with van der Waals surface area (Å²) in [5, 5.41) is 26.4. The van der Waals surface area contributed by atoms with Crippen molar-refractivity contribution in [2.45, 2.75) is 50.9 Å². The van der Waals surface area contributed by atoms with Crippen LogP contribution in [0.5, 0.6) is 5.75 Å². The fourth-order valence-electron chi connectivity index (χ4n) is 4.35. The van der Waals surface area contributed by atoms with E-state index in [1.165, 1.54) is 11.1 Å². The average molecular weight is 575 g/mol. The van der Waals surface area contributed by atoms with Gasteiger partial charge in [0.2, 0.25) is 11.8 Å². The van der Waals surface area contributed by atoms with Crippen LogP contribution >= 0.6 is 11.3 Å². The number of carbonyl (C=O) groups excluding carboxylic acids is 5. The van der Waals surface area contributed by atoms with Crippen LogP contribution in [0.15, 0.2) is 30.5 Å². The van der Waals surface area contributed by atoms with Gasteiger partial charge in [-0.1, -0.05) is 30.4 Å². The molecule has 4 atom stereocenters. The van der Waals surface area contributed by atoms with Gasteiger partial charge in [0, 0.05) is 31.7 Å². The van der Waals surface area contributed by atoms with Crippen molar-refractivity contribution in [1.82, 2.24) is 15.2 Å². The second-order valence-electron chi connectivity index (χ2n) is 9.66. The highest BCUT2D eigenvalue weighted by molar-refractivity contribution is 7.17. The lowest BCUT2D eigenvalue weighted by Gasteiger charge is -2.26. The third kappa shape index (κ3) is 8.66. The molecule has 0 unspecified atom stereocenters. The van der Waals surface area contributed by atoms with Gasteiger partial charge < -0.3 is 30.5 Å². The Morgan fingerprint density at radius 3 is 2.52 bits per heavy atom. The molecule has 1 aromatic heterocycles. The normalized spacial score (nSPS) is 19.1. The Morgan fingerprint density at radius 2 is 1.88 bits per heavy atom. The van der Waals surface area contributed by atoms with E-state index in [-0.39, 0.29) is 56.4 Å². The molecule has 1 fully saturated rings. The Bertz CT molecular complexity index is 1200. The van der Waals surface area contributed by atoms with Gasteiger partial charge in [-0.05, 0) is 24.1 Å². The van der Waals surface area contributed by atoms with Crippen LogP contribution in [-0.4, -0.2) is 94.8 Å².